The number of hydrogen-bond acceptors (Lipinski definition) is 8. The Morgan fingerprint density at radius 1 is 1.11 bits per heavy atom. The predicted octanol–water partition coefficient (Wildman–Crippen LogP) is -3.14. The van der Waals surface area contributed by atoms with E-state index in [9.17, 15) is 20.4 Å². The van der Waals surface area contributed by atoms with E-state index in [2.05, 4.69) is 5.32 Å². The number of aliphatic hydroxyl groups excluding tert-OH is 6. The summed E-state index contributed by atoms with van der Waals surface area (Å²) in [6.07, 6.45) is -6.36. The van der Waals surface area contributed by atoms with Crippen molar-refractivity contribution in [3.8, 4) is 0 Å². The van der Waals surface area contributed by atoms with Gasteiger partial charge < -0.3 is 35.4 Å². The summed E-state index contributed by atoms with van der Waals surface area (Å²) in [6.45, 7) is 1.04. The molecule has 1 heterocycles. The molecule has 7 atom stereocenters. The van der Waals surface area contributed by atoms with E-state index in [0.29, 0.717) is 6.42 Å². The van der Waals surface area contributed by atoms with Gasteiger partial charge >= 0.3 is 0 Å². The molecule has 1 saturated heterocycles. The highest BCUT2D eigenvalue weighted by molar-refractivity contribution is 4.93. The van der Waals surface area contributed by atoms with Crippen molar-refractivity contribution in [2.45, 2.75) is 62.7 Å². The maximum atomic E-state index is 9.81. The molecule has 0 saturated carbocycles. The van der Waals surface area contributed by atoms with Crippen LogP contribution in [0.2, 0.25) is 0 Å². The number of aliphatic hydroxyl groups is 6. The molecule has 0 aromatic rings. The summed E-state index contributed by atoms with van der Waals surface area (Å²) in [5.41, 5.74) is 0. The molecule has 0 spiro atoms. The Balaban J connectivity index is 2.52. The summed E-state index contributed by atoms with van der Waals surface area (Å²) in [5.74, 6) is 0. The van der Waals surface area contributed by atoms with Gasteiger partial charge in [-0.25, -0.2) is 0 Å². The van der Waals surface area contributed by atoms with Crippen LogP contribution in [0.15, 0.2) is 0 Å². The van der Waals surface area contributed by atoms with Crippen molar-refractivity contribution >= 4 is 0 Å². The minimum atomic E-state index is -1.46. The molecule has 1 aliphatic rings. The zero-order chi connectivity index (χ0) is 14.6. The molecule has 0 aromatic carbocycles. The lowest BCUT2D eigenvalue weighted by atomic mass is 9.97. The van der Waals surface area contributed by atoms with Gasteiger partial charge in [-0.05, 0) is 19.8 Å². The summed E-state index contributed by atoms with van der Waals surface area (Å²) in [4.78, 5) is 0. The third-order valence-electron chi connectivity index (χ3n) is 3.14. The lowest BCUT2D eigenvalue weighted by Gasteiger charge is -2.41. The van der Waals surface area contributed by atoms with E-state index in [4.69, 9.17) is 14.9 Å². The average Bonchev–Trinajstić information content (AvgIpc) is 2.36. The van der Waals surface area contributed by atoms with Crippen LogP contribution in [-0.4, -0.2) is 80.2 Å². The third kappa shape index (κ3) is 4.62. The number of rotatable bonds is 6. The predicted molar refractivity (Wildman–Crippen MR) is 63.8 cm³/mol. The molecule has 8 heteroatoms. The Kier molecular flexibility index (Phi) is 6.57. The monoisotopic (exact) mass is 281 g/mol. The second-order valence-corrected chi connectivity index (χ2v) is 4.86. The Bertz CT molecular complexity index is 265. The second kappa shape index (κ2) is 7.46. The van der Waals surface area contributed by atoms with Crippen molar-refractivity contribution < 1.29 is 35.4 Å². The third-order valence-corrected chi connectivity index (χ3v) is 3.14. The summed E-state index contributed by atoms with van der Waals surface area (Å²) < 4.78 is 4.93. The molecule has 0 radical (unpaired) electrons. The van der Waals surface area contributed by atoms with Gasteiger partial charge in [-0.15, -0.1) is 0 Å². The highest BCUT2D eigenvalue weighted by Crippen LogP contribution is 2.20. The van der Waals surface area contributed by atoms with Crippen LogP contribution in [0.5, 0.6) is 0 Å². The fraction of sp³-hybridized carbons (Fsp3) is 1.00. The van der Waals surface area contributed by atoms with Crippen LogP contribution >= 0.6 is 0 Å². The zero-order valence-corrected chi connectivity index (χ0v) is 10.8. The first-order chi connectivity index (χ1) is 8.86. The van der Waals surface area contributed by atoms with E-state index < -0.39 is 49.6 Å². The fourth-order valence-corrected chi connectivity index (χ4v) is 1.98. The lowest BCUT2D eigenvalue weighted by Crippen LogP contribution is -2.64. The van der Waals surface area contributed by atoms with Crippen LogP contribution in [0.4, 0.5) is 0 Å². The first kappa shape index (κ1) is 16.7. The van der Waals surface area contributed by atoms with Gasteiger partial charge in [0.2, 0.25) is 0 Å². The van der Waals surface area contributed by atoms with E-state index in [1.165, 1.54) is 0 Å². The van der Waals surface area contributed by atoms with Crippen molar-refractivity contribution in [2.75, 3.05) is 6.61 Å². The van der Waals surface area contributed by atoms with E-state index in [-0.39, 0.29) is 6.42 Å². The molecular weight excluding hydrogens is 258 g/mol. The Morgan fingerprint density at radius 3 is 2.26 bits per heavy atom. The van der Waals surface area contributed by atoms with Crippen molar-refractivity contribution in [3.63, 3.8) is 0 Å². The number of nitrogens with one attached hydrogen (secondary N) is 1. The molecule has 7 N–H and O–H groups in total. The van der Waals surface area contributed by atoms with E-state index in [1.807, 2.05) is 0 Å². The van der Waals surface area contributed by atoms with Crippen molar-refractivity contribution in [3.05, 3.63) is 0 Å². The maximum absolute atomic E-state index is 9.81. The molecule has 5 unspecified atom stereocenters. The van der Waals surface area contributed by atoms with Crippen LogP contribution in [0.25, 0.3) is 0 Å². The van der Waals surface area contributed by atoms with Crippen LogP contribution in [0, 0.1) is 0 Å². The summed E-state index contributed by atoms with van der Waals surface area (Å²) in [5, 5.41) is 59.3. The Hall–Kier alpha value is -0.320. The number of hydrogen-bond donors (Lipinski definition) is 7. The molecule has 0 bridgehead atoms. The van der Waals surface area contributed by atoms with Crippen LogP contribution in [-0.2, 0) is 4.74 Å². The highest BCUT2D eigenvalue weighted by Gasteiger charge is 2.44. The molecule has 114 valence electrons. The first-order valence-electron chi connectivity index (χ1n) is 6.29. The van der Waals surface area contributed by atoms with Crippen LogP contribution in [0.3, 0.4) is 0 Å². The first-order valence-corrected chi connectivity index (χ1v) is 6.29. The second-order valence-electron chi connectivity index (χ2n) is 4.86. The molecule has 1 fully saturated rings. The fourth-order valence-electron chi connectivity index (χ4n) is 1.98. The topological polar surface area (TPSA) is 143 Å². The lowest BCUT2D eigenvalue weighted by molar-refractivity contribution is -0.258. The standard InChI is InChI=1S/C11H23NO7/c1-5(14)2-3-7(15)12-8-10(17)9(16)6(4-13)19-11(8)18/h5-18H,2-4H2,1H3/t5?,6?,7?,8?,9-,10?,11-/m1/s1. The van der Waals surface area contributed by atoms with Crippen molar-refractivity contribution in [1.29, 1.82) is 0 Å². The normalized spacial score (nSPS) is 39.0. The van der Waals surface area contributed by atoms with Gasteiger partial charge in [0, 0.05) is 0 Å². The molecule has 1 aliphatic heterocycles. The van der Waals surface area contributed by atoms with Gasteiger partial charge in [-0.3, -0.25) is 5.32 Å². The Labute approximate surface area is 111 Å². The summed E-state index contributed by atoms with van der Waals surface area (Å²) >= 11 is 0. The zero-order valence-electron chi connectivity index (χ0n) is 10.8. The molecule has 0 amide bonds. The maximum Gasteiger partial charge on any atom is 0.173 e. The SMILES string of the molecule is CC(O)CCC(O)NC1C(O)[C@H](O)C(CO)O[C@H]1O. The summed E-state index contributed by atoms with van der Waals surface area (Å²) in [7, 11) is 0. The van der Waals surface area contributed by atoms with Gasteiger partial charge in [-0.1, -0.05) is 0 Å². The molecule has 19 heavy (non-hydrogen) atoms. The van der Waals surface area contributed by atoms with Crippen LogP contribution < -0.4 is 5.32 Å². The summed E-state index contributed by atoms with van der Waals surface area (Å²) in [6, 6.07) is -1.08. The Morgan fingerprint density at radius 2 is 1.74 bits per heavy atom. The van der Waals surface area contributed by atoms with Gasteiger partial charge in [0.05, 0.1) is 18.8 Å². The van der Waals surface area contributed by atoms with Gasteiger partial charge in [0.1, 0.15) is 24.5 Å². The van der Waals surface area contributed by atoms with Crippen molar-refractivity contribution in [2.24, 2.45) is 0 Å². The highest BCUT2D eigenvalue weighted by atomic mass is 16.6. The number of ether oxygens (including phenoxy) is 1. The average molecular weight is 281 g/mol. The van der Waals surface area contributed by atoms with E-state index in [0.717, 1.165) is 0 Å². The van der Waals surface area contributed by atoms with Crippen molar-refractivity contribution in [1.82, 2.24) is 5.32 Å². The van der Waals surface area contributed by atoms with E-state index in [1.54, 1.807) is 6.92 Å². The van der Waals surface area contributed by atoms with E-state index >= 15 is 0 Å². The largest absolute Gasteiger partial charge is 0.394 e. The molecular formula is C11H23NO7. The van der Waals surface area contributed by atoms with Gasteiger partial charge in [0.25, 0.3) is 0 Å². The van der Waals surface area contributed by atoms with Crippen LogP contribution in [0.1, 0.15) is 19.8 Å². The smallest absolute Gasteiger partial charge is 0.173 e. The molecule has 0 aromatic heterocycles. The van der Waals surface area contributed by atoms with Gasteiger partial charge in [0.15, 0.2) is 6.29 Å². The molecule has 8 nitrogen and oxygen atoms in total. The minimum absolute atomic E-state index is 0.215. The van der Waals surface area contributed by atoms with Gasteiger partial charge in [-0.2, -0.15) is 0 Å². The molecule has 0 aliphatic carbocycles. The molecule has 1 rings (SSSR count). The minimum Gasteiger partial charge on any atom is -0.394 e. The quantitative estimate of drug-likeness (QED) is 0.253.